The minimum absolute atomic E-state index is 0.0397. The first kappa shape index (κ1) is 23.9. The summed E-state index contributed by atoms with van der Waals surface area (Å²) in [4.78, 5) is 41.8. The van der Waals surface area contributed by atoms with E-state index >= 15 is 0 Å². The number of hydrogen-bond donors (Lipinski definition) is 1. The number of hydrogen-bond acceptors (Lipinski definition) is 4. The summed E-state index contributed by atoms with van der Waals surface area (Å²) in [5, 5.41) is 14.8. The molecule has 1 N–H and O–H groups in total. The molecule has 3 aliphatic heterocycles. The first-order chi connectivity index (χ1) is 16.9. The molecule has 2 atom stereocenters. The van der Waals surface area contributed by atoms with Crippen molar-refractivity contribution in [3.8, 4) is 0 Å². The van der Waals surface area contributed by atoms with Gasteiger partial charge in [-0.25, -0.2) is 0 Å². The molecule has 1 aromatic carbocycles. The highest BCUT2D eigenvalue weighted by Crippen LogP contribution is 2.38. The van der Waals surface area contributed by atoms with E-state index in [0.717, 1.165) is 36.9 Å². The molecule has 35 heavy (non-hydrogen) atoms. The summed E-state index contributed by atoms with van der Waals surface area (Å²) in [6.07, 6.45) is 5.55. The first-order valence-electron chi connectivity index (χ1n) is 12.5. The summed E-state index contributed by atoms with van der Waals surface area (Å²) in [5.74, 6) is -1.16. The summed E-state index contributed by atoms with van der Waals surface area (Å²) in [6, 6.07) is 9.32. The Morgan fingerprint density at radius 2 is 1.83 bits per heavy atom. The molecule has 2 bridgehead atoms. The van der Waals surface area contributed by atoms with Crippen molar-refractivity contribution in [2.24, 2.45) is 5.92 Å². The first-order valence-corrected chi connectivity index (χ1v) is 12.9. The van der Waals surface area contributed by atoms with Gasteiger partial charge in [0.2, 0.25) is 5.91 Å². The SMILES string of the molecule is O=C(O)C1CC2CCCC(C1)N2C(=O)c1cc2n(n1)CCCN(C(=O)CCc1cccc(Cl)c1)C2. The van der Waals surface area contributed by atoms with Crippen LogP contribution in [-0.4, -0.2) is 61.1 Å². The molecule has 2 amide bonds. The number of carboxylic acid groups (broad SMARTS) is 1. The molecule has 5 rings (SSSR count). The molecule has 8 nitrogen and oxygen atoms in total. The van der Waals surface area contributed by atoms with Crippen LogP contribution in [0, 0.1) is 5.92 Å². The van der Waals surface area contributed by atoms with Crippen molar-refractivity contribution in [3.05, 3.63) is 52.3 Å². The van der Waals surface area contributed by atoms with Crippen molar-refractivity contribution in [3.63, 3.8) is 0 Å². The van der Waals surface area contributed by atoms with Crippen LogP contribution in [0.3, 0.4) is 0 Å². The van der Waals surface area contributed by atoms with Gasteiger partial charge in [-0.15, -0.1) is 0 Å². The Hall–Kier alpha value is -2.87. The van der Waals surface area contributed by atoms with Crippen LogP contribution in [0.15, 0.2) is 30.3 Å². The van der Waals surface area contributed by atoms with E-state index in [1.807, 2.05) is 44.8 Å². The number of carbonyl (C=O) groups excluding carboxylic acids is 2. The number of fused-ring (bicyclic) bond motifs is 3. The fraction of sp³-hybridized carbons (Fsp3) is 0.538. The molecule has 186 valence electrons. The highest BCUT2D eigenvalue weighted by Gasteiger charge is 2.43. The molecule has 4 heterocycles. The number of carboxylic acids is 1. The Labute approximate surface area is 209 Å². The Kier molecular flexibility index (Phi) is 6.82. The van der Waals surface area contributed by atoms with Gasteiger partial charge in [-0.05, 0) is 68.7 Å². The summed E-state index contributed by atoms with van der Waals surface area (Å²) in [6.45, 7) is 1.76. The largest absolute Gasteiger partial charge is 0.481 e. The fourth-order valence-corrected chi connectivity index (χ4v) is 6.14. The van der Waals surface area contributed by atoms with Crippen LogP contribution in [0.4, 0.5) is 0 Å². The number of amides is 2. The molecule has 9 heteroatoms. The smallest absolute Gasteiger partial charge is 0.306 e. The number of aliphatic carboxylic acids is 1. The van der Waals surface area contributed by atoms with Gasteiger partial charge >= 0.3 is 5.97 Å². The van der Waals surface area contributed by atoms with Crippen LogP contribution < -0.4 is 0 Å². The lowest BCUT2D eigenvalue weighted by Gasteiger charge is -2.47. The van der Waals surface area contributed by atoms with E-state index in [1.54, 1.807) is 0 Å². The van der Waals surface area contributed by atoms with Gasteiger partial charge in [-0.3, -0.25) is 19.1 Å². The van der Waals surface area contributed by atoms with Gasteiger partial charge in [-0.2, -0.15) is 5.10 Å². The Balaban J connectivity index is 1.26. The Morgan fingerprint density at radius 1 is 1.06 bits per heavy atom. The number of benzene rings is 1. The average Bonchev–Trinajstić information content (AvgIpc) is 3.12. The van der Waals surface area contributed by atoms with Gasteiger partial charge in [0, 0.05) is 36.6 Å². The van der Waals surface area contributed by atoms with Gasteiger partial charge < -0.3 is 14.9 Å². The van der Waals surface area contributed by atoms with Gasteiger partial charge in [0.25, 0.3) is 5.91 Å². The van der Waals surface area contributed by atoms with E-state index in [-0.39, 0.29) is 29.8 Å². The van der Waals surface area contributed by atoms with Gasteiger partial charge in [0.15, 0.2) is 5.69 Å². The van der Waals surface area contributed by atoms with Crippen molar-refractivity contribution >= 4 is 29.4 Å². The summed E-state index contributed by atoms with van der Waals surface area (Å²) in [7, 11) is 0. The van der Waals surface area contributed by atoms with Crippen molar-refractivity contribution in [2.45, 2.75) is 76.5 Å². The van der Waals surface area contributed by atoms with Crippen LogP contribution in [-0.2, 0) is 29.1 Å². The molecular formula is C26H31ClN4O4. The third-order valence-corrected chi connectivity index (χ3v) is 7.90. The average molecular weight is 499 g/mol. The molecule has 0 spiro atoms. The maximum Gasteiger partial charge on any atom is 0.306 e. The van der Waals surface area contributed by atoms with Crippen LogP contribution in [0.25, 0.3) is 0 Å². The van der Waals surface area contributed by atoms with Crippen LogP contribution in [0.1, 0.15) is 66.7 Å². The quantitative estimate of drug-likeness (QED) is 0.677. The molecule has 0 aliphatic carbocycles. The third kappa shape index (κ3) is 5.08. The number of carbonyl (C=O) groups is 3. The van der Waals surface area contributed by atoms with E-state index in [2.05, 4.69) is 5.10 Å². The molecule has 1 aromatic heterocycles. The fourth-order valence-electron chi connectivity index (χ4n) is 5.93. The molecule has 2 unspecified atom stereocenters. The highest BCUT2D eigenvalue weighted by atomic mass is 35.5. The van der Waals surface area contributed by atoms with Crippen LogP contribution >= 0.6 is 11.6 Å². The second kappa shape index (κ2) is 10.0. The van der Waals surface area contributed by atoms with Crippen molar-refractivity contribution in [1.29, 1.82) is 0 Å². The highest BCUT2D eigenvalue weighted by molar-refractivity contribution is 6.30. The molecular weight excluding hydrogens is 468 g/mol. The Morgan fingerprint density at radius 3 is 2.54 bits per heavy atom. The maximum absolute atomic E-state index is 13.5. The van der Waals surface area contributed by atoms with Gasteiger partial charge in [0.05, 0.1) is 18.2 Å². The lowest BCUT2D eigenvalue weighted by Crippen LogP contribution is -2.55. The number of piperidine rings is 2. The van der Waals surface area contributed by atoms with E-state index in [4.69, 9.17) is 11.6 Å². The Bertz CT molecular complexity index is 1120. The second-order valence-corrected chi connectivity index (χ2v) is 10.4. The topological polar surface area (TPSA) is 95.7 Å². The molecule has 3 aliphatic rings. The van der Waals surface area contributed by atoms with E-state index in [0.29, 0.717) is 56.0 Å². The predicted octanol–water partition coefficient (Wildman–Crippen LogP) is 3.76. The number of halogens is 1. The molecule has 0 radical (unpaired) electrons. The van der Waals surface area contributed by atoms with E-state index in [1.165, 1.54) is 0 Å². The molecule has 0 saturated carbocycles. The minimum atomic E-state index is -0.761. The number of nitrogens with zero attached hydrogens (tertiary/aromatic N) is 4. The predicted molar refractivity (Wildman–Crippen MR) is 130 cm³/mol. The lowest BCUT2D eigenvalue weighted by molar-refractivity contribution is -0.145. The van der Waals surface area contributed by atoms with Crippen molar-refractivity contribution in [1.82, 2.24) is 19.6 Å². The maximum atomic E-state index is 13.5. The lowest BCUT2D eigenvalue weighted by atomic mass is 9.78. The van der Waals surface area contributed by atoms with E-state index in [9.17, 15) is 19.5 Å². The molecule has 2 aromatic rings. The van der Waals surface area contributed by atoms with E-state index < -0.39 is 5.97 Å². The number of aryl methyl sites for hydroxylation is 2. The summed E-state index contributed by atoms with van der Waals surface area (Å²) in [5.41, 5.74) is 2.31. The van der Waals surface area contributed by atoms with Crippen LogP contribution in [0.5, 0.6) is 0 Å². The third-order valence-electron chi connectivity index (χ3n) is 7.66. The summed E-state index contributed by atoms with van der Waals surface area (Å²) < 4.78 is 1.86. The second-order valence-electron chi connectivity index (χ2n) is 10.0. The monoisotopic (exact) mass is 498 g/mol. The molecule has 2 saturated heterocycles. The standard InChI is InChI=1S/C26H31ClN4O4/c27-19-5-1-4-17(12-19)8-9-24(32)29-10-3-11-30-22(16-29)15-23(28-30)25(33)31-20-6-2-7-21(31)14-18(13-20)26(34)35/h1,4-5,12,15,18,20-21H,2-3,6-11,13-14,16H2,(H,34,35). The van der Waals surface area contributed by atoms with Gasteiger partial charge in [-0.1, -0.05) is 23.7 Å². The number of rotatable bonds is 5. The zero-order valence-corrected chi connectivity index (χ0v) is 20.5. The van der Waals surface area contributed by atoms with Crippen molar-refractivity contribution in [2.75, 3.05) is 6.54 Å². The minimum Gasteiger partial charge on any atom is -0.481 e. The summed E-state index contributed by atoms with van der Waals surface area (Å²) >= 11 is 6.06. The van der Waals surface area contributed by atoms with Gasteiger partial charge in [0.1, 0.15) is 0 Å². The molecule has 2 fully saturated rings. The van der Waals surface area contributed by atoms with Crippen LogP contribution in [0.2, 0.25) is 5.02 Å². The zero-order chi connectivity index (χ0) is 24.5. The van der Waals surface area contributed by atoms with Crippen molar-refractivity contribution < 1.29 is 19.5 Å². The zero-order valence-electron chi connectivity index (χ0n) is 19.7. The normalized spacial score (nSPS) is 24.0. The number of aromatic nitrogens is 2.